The van der Waals surface area contributed by atoms with E-state index in [1.807, 2.05) is 12.3 Å². The first-order valence-electron chi connectivity index (χ1n) is 3.55. The number of aromatic nitrogens is 3. The summed E-state index contributed by atoms with van der Waals surface area (Å²) >= 11 is 1.59. The monoisotopic (exact) mass is 177 g/mol. The molecular weight excluding hydrogens is 170 g/mol. The van der Waals surface area contributed by atoms with Gasteiger partial charge in [0.2, 0.25) is 0 Å². The predicted octanol–water partition coefficient (Wildman–Crippen LogP) is 1.91. The van der Waals surface area contributed by atoms with Gasteiger partial charge in [-0.25, -0.2) is 4.98 Å². The minimum atomic E-state index is 0.843. The number of nitrogens with zero attached hydrogens (tertiary/aromatic N) is 3. The summed E-state index contributed by atoms with van der Waals surface area (Å²) in [5.74, 6) is 0. The van der Waals surface area contributed by atoms with Crippen LogP contribution in [0.15, 0.2) is 24.0 Å². The second-order valence-electron chi connectivity index (χ2n) is 2.38. The Balaban J connectivity index is 2.45. The molecule has 0 amide bonds. The van der Waals surface area contributed by atoms with Gasteiger partial charge in [-0.1, -0.05) is 0 Å². The highest BCUT2D eigenvalue weighted by molar-refractivity contribution is 7.13. The van der Waals surface area contributed by atoms with E-state index in [1.165, 1.54) is 0 Å². The van der Waals surface area contributed by atoms with E-state index in [2.05, 4.69) is 15.0 Å². The van der Waals surface area contributed by atoms with Crippen molar-refractivity contribution in [3.8, 4) is 10.7 Å². The molecule has 12 heavy (non-hydrogen) atoms. The van der Waals surface area contributed by atoms with E-state index in [4.69, 9.17) is 0 Å². The fourth-order valence-electron chi connectivity index (χ4n) is 0.881. The number of hydrogen-bond acceptors (Lipinski definition) is 4. The summed E-state index contributed by atoms with van der Waals surface area (Å²) in [5.41, 5.74) is 1.87. The maximum atomic E-state index is 4.30. The molecule has 0 aromatic carbocycles. The quantitative estimate of drug-likeness (QED) is 0.667. The summed E-state index contributed by atoms with van der Waals surface area (Å²) in [4.78, 5) is 12.4. The van der Waals surface area contributed by atoms with Gasteiger partial charge in [-0.15, -0.1) is 11.3 Å². The van der Waals surface area contributed by atoms with Crippen LogP contribution in [0.2, 0.25) is 0 Å². The number of thiazole rings is 1. The Morgan fingerprint density at radius 3 is 2.83 bits per heavy atom. The van der Waals surface area contributed by atoms with Gasteiger partial charge in [0.1, 0.15) is 10.7 Å². The first-order chi connectivity index (χ1) is 5.86. The molecular formula is C8H7N3S. The molecule has 0 radical (unpaired) electrons. The molecule has 2 aromatic rings. The van der Waals surface area contributed by atoms with Crippen molar-refractivity contribution in [2.24, 2.45) is 0 Å². The first kappa shape index (κ1) is 7.36. The lowest BCUT2D eigenvalue weighted by atomic mass is 10.5. The zero-order valence-electron chi connectivity index (χ0n) is 6.56. The minimum Gasteiger partial charge on any atom is -0.261 e. The molecule has 0 N–H and O–H groups in total. The Morgan fingerprint density at radius 2 is 2.25 bits per heavy atom. The lowest BCUT2D eigenvalue weighted by Gasteiger charge is -1.90. The summed E-state index contributed by atoms with van der Waals surface area (Å²) in [7, 11) is 0. The molecule has 0 bridgehead atoms. The Morgan fingerprint density at radius 1 is 1.33 bits per heavy atom. The maximum Gasteiger partial charge on any atom is 0.143 e. The van der Waals surface area contributed by atoms with E-state index >= 15 is 0 Å². The molecule has 0 aliphatic heterocycles. The van der Waals surface area contributed by atoms with E-state index in [9.17, 15) is 0 Å². The molecule has 0 aliphatic carbocycles. The van der Waals surface area contributed by atoms with Crippen molar-refractivity contribution in [3.63, 3.8) is 0 Å². The van der Waals surface area contributed by atoms with Crippen LogP contribution < -0.4 is 0 Å². The lowest BCUT2D eigenvalue weighted by molar-refractivity contribution is 1.18. The zero-order valence-corrected chi connectivity index (χ0v) is 7.38. The molecule has 0 saturated heterocycles. The molecule has 0 saturated carbocycles. The fraction of sp³-hybridized carbons (Fsp3) is 0.125. The van der Waals surface area contributed by atoms with E-state index in [0.717, 1.165) is 16.4 Å². The molecule has 0 fully saturated rings. The van der Waals surface area contributed by atoms with Crippen molar-refractivity contribution in [2.75, 3.05) is 0 Å². The second kappa shape index (κ2) is 2.98. The molecule has 2 rings (SSSR count). The van der Waals surface area contributed by atoms with Crippen molar-refractivity contribution < 1.29 is 0 Å². The second-order valence-corrected chi connectivity index (χ2v) is 3.24. The zero-order chi connectivity index (χ0) is 8.39. The molecule has 4 heteroatoms. The Hall–Kier alpha value is -1.29. The summed E-state index contributed by atoms with van der Waals surface area (Å²) in [5, 5.41) is 2.94. The van der Waals surface area contributed by atoms with Crippen molar-refractivity contribution in [3.05, 3.63) is 29.7 Å². The largest absolute Gasteiger partial charge is 0.261 e. The van der Waals surface area contributed by atoms with Gasteiger partial charge in [0.05, 0.1) is 6.20 Å². The molecule has 0 spiro atoms. The van der Waals surface area contributed by atoms with E-state index in [0.29, 0.717) is 0 Å². The number of hydrogen-bond donors (Lipinski definition) is 0. The summed E-state index contributed by atoms with van der Waals surface area (Å²) in [6.45, 7) is 1.97. The highest BCUT2D eigenvalue weighted by atomic mass is 32.1. The molecule has 60 valence electrons. The molecule has 2 heterocycles. The summed E-state index contributed by atoms with van der Waals surface area (Å²) in [6.07, 6.45) is 5.05. The van der Waals surface area contributed by atoms with Crippen molar-refractivity contribution >= 4 is 11.3 Å². The molecule has 2 aromatic heterocycles. The van der Waals surface area contributed by atoms with Crippen LogP contribution in [0.5, 0.6) is 0 Å². The lowest BCUT2D eigenvalue weighted by Crippen LogP contribution is -1.82. The van der Waals surface area contributed by atoms with Gasteiger partial charge >= 0.3 is 0 Å². The highest BCUT2D eigenvalue weighted by Gasteiger charge is 2.01. The molecule has 3 nitrogen and oxygen atoms in total. The first-order valence-corrected chi connectivity index (χ1v) is 4.43. The van der Waals surface area contributed by atoms with Crippen molar-refractivity contribution in [2.45, 2.75) is 6.92 Å². The summed E-state index contributed by atoms with van der Waals surface area (Å²) < 4.78 is 0. The van der Waals surface area contributed by atoms with Gasteiger partial charge in [0.15, 0.2) is 0 Å². The van der Waals surface area contributed by atoms with Crippen LogP contribution in [0.3, 0.4) is 0 Å². The van der Waals surface area contributed by atoms with Gasteiger partial charge in [-0.3, -0.25) is 9.97 Å². The average Bonchev–Trinajstić information content (AvgIpc) is 2.54. The molecule has 0 unspecified atom stereocenters. The number of rotatable bonds is 1. The van der Waals surface area contributed by atoms with Crippen LogP contribution in [0.25, 0.3) is 10.7 Å². The van der Waals surface area contributed by atoms with Gasteiger partial charge < -0.3 is 0 Å². The molecule has 0 atom stereocenters. The fourth-order valence-corrected chi connectivity index (χ4v) is 1.64. The van der Waals surface area contributed by atoms with E-state index < -0.39 is 0 Å². The Kier molecular flexibility index (Phi) is 1.83. The van der Waals surface area contributed by atoms with Gasteiger partial charge in [0.25, 0.3) is 0 Å². The molecule has 0 aliphatic rings. The summed E-state index contributed by atoms with van der Waals surface area (Å²) in [6, 6.07) is 0. The topological polar surface area (TPSA) is 38.7 Å². The SMILES string of the molecule is Cc1csc(-c2cnccn2)n1. The Bertz CT molecular complexity index is 369. The minimum absolute atomic E-state index is 0.843. The van der Waals surface area contributed by atoms with Crippen molar-refractivity contribution in [1.29, 1.82) is 0 Å². The van der Waals surface area contributed by atoms with Crippen LogP contribution in [-0.2, 0) is 0 Å². The van der Waals surface area contributed by atoms with Gasteiger partial charge in [0, 0.05) is 23.5 Å². The van der Waals surface area contributed by atoms with Crippen molar-refractivity contribution in [1.82, 2.24) is 15.0 Å². The van der Waals surface area contributed by atoms with Crippen LogP contribution in [0.1, 0.15) is 5.69 Å². The maximum absolute atomic E-state index is 4.30. The van der Waals surface area contributed by atoms with Gasteiger partial charge in [-0.2, -0.15) is 0 Å². The highest BCUT2D eigenvalue weighted by Crippen LogP contribution is 2.19. The standard InChI is InChI=1S/C8H7N3S/c1-6-5-12-8(11-6)7-4-9-2-3-10-7/h2-5H,1H3. The third kappa shape index (κ3) is 1.33. The van der Waals surface area contributed by atoms with E-state index in [-0.39, 0.29) is 0 Å². The van der Waals surface area contributed by atoms with Crippen LogP contribution >= 0.6 is 11.3 Å². The van der Waals surface area contributed by atoms with Crippen LogP contribution in [0, 0.1) is 6.92 Å². The Labute approximate surface area is 74.2 Å². The van der Waals surface area contributed by atoms with Crippen LogP contribution in [0.4, 0.5) is 0 Å². The number of aryl methyl sites for hydroxylation is 1. The normalized spacial score (nSPS) is 10.1. The third-order valence-electron chi connectivity index (χ3n) is 1.40. The van der Waals surface area contributed by atoms with Crippen LogP contribution in [-0.4, -0.2) is 15.0 Å². The van der Waals surface area contributed by atoms with Gasteiger partial charge in [-0.05, 0) is 6.92 Å². The third-order valence-corrected chi connectivity index (χ3v) is 2.38. The van der Waals surface area contributed by atoms with E-state index in [1.54, 1.807) is 29.9 Å². The average molecular weight is 177 g/mol. The smallest absolute Gasteiger partial charge is 0.143 e. The predicted molar refractivity (Wildman–Crippen MR) is 47.9 cm³/mol.